The lowest BCUT2D eigenvalue weighted by Crippen LogP contribution is -2.37. The van der Waals surface area contributed by atoms with Crippen LogP contribution in [0.3, 0.4) is 0 Å². The van der Waals surface area contributed by atoms with Crippen LogP contribution in [0.4, 0.5) is 5.13 Å². The Morgan fingerprint density at radius 3 is 2.48 bits per heavy atom. The molecule has 1 amide bonds. The van der Waals surface area contributed by atoms with Crippen LogP contribution in [0.1, 0.15) is 0 Å². The van der Waals surface area contributed by atoms with Crippen LogP contribution in [0, 0.1) is 0 Å². The quantitative estimate of drug-likeness (QED) is 0.672. The number of para-hydroxylation sites is 1. The Morgan fingerprint density at radius 2 is 1.76 bits per heavy atom. The van der Waals surface area contributed by atoms with E-state index in [9.17, 15) is 4.79 Å². The van der Waals surface area contributed by atoms with Crippen molar-refractivity contribution in [3.8, 4) is 17.0 Å². The summed E-state index contributed by atoms with van der Waals surface area (Å²) >= 11 is 6.55. The molecule has 25 heavy (non-hydrogen) atoms. The van der Waals surface area contributed by atoms with Gasteiger partial charge in [0.15, 0.2) is 16.9 Å². The van der Waals surface area contributed by atoms with Crippen LogP contribution >= 0.6 is 23.6 Å². The largest absolute Gasteiger partial charge is 0.484 e. The zero-order chi connectivity index (χ0) is 17.5. The Balaban J connectivity index is 1.49. The molecular weight excluding hydrogens is 354 g/mol. The van der Waals surface area contributed by atoms with Gasteiger partial charge in [-0.25, -0.2) is 4.98 Å². The first-order valence-corrected chi connectivity index (χ1v) is 8.79. The van der Waals surface area contributed by atoms with E-state index in [1.54, 1.807) is 12.1 Å². The number of carbonyl (C=O) groups is 1. The molecule has 0 aliphatic heterocycles. The number of anilines is 1. The SMILES string of the molecule is O=C(COc1ccccc1)NC(=S)Nc1nc(-c2ccccc2)cs1. The Labute approximate surface area is 154 Å². The fourth-order valence-corrected chi connectivity index (χ4v) is 3.03. The summed E-state index contributed by atoms with van der Waals surface area (Å²) in [5.74, 6) is 0.296. The molecule has 0 saturated carbocycles. The third kappa shape index (κ3) is 5.10. The van der Waals surface area contributed by atoms with Crippen LogP contribution in [-0.2, 0) is 4.79 Å². The molecule has 1 heterocycles. The molecule has 0 atom stereocenters. The molecule has 3 aromatic rings. The van der Waals surface area contributed by atoms with Crippen LogP contribution in [0.5, 0.6) is 5.75 Å². The average Bonchev–Trinajstić information content (AvgIpc) is 3.10. The molecule has 0 radical (unpaired) electrons. The Morgan fingerprint density at radius 1 is 1.08 bits per heavy atom. The lowest BCUT2D eigenvalue weighted by atomic mass is 10.2. The first-order chi connectivity index (χ1) is 12.2. The van der Waals surface area contributed by atoms with Crippen LogP contribution < -0.4 is 15.4 Å². The first kappa shape index (κ1) is 17.1. The van der Waals surface area contributed by atoms with E-state index in [4.69, 9.17) is 17.0 Å². The highest BCUT2D eigenvalue weighted by atomic mass is 32.1. The van der Waals surface area contributed by atoms with Crippen LogP contribution in [0.15, 0.2) is 66.0 Å². The van der Waals surface area contributed by atoms with Gasteiger partial charge in [0.2, 0.25) is 0 Å². The molecule has 5 nitrogen and oxygen atoms in total. The van der Waals surface area contributed by atoms with Crippen molar-refractivity contribution in [2.75, 3.05) is 11.9 Å². The molecular formula is C18H15N3O2S2. The monoisotopic (exact) mass is 369 g/mol. The van der Waals surface area contributed by atoms with Crippen molar-refractivity contribution in [1.82, 2.24) is 10.3 Å². The van der Waals surface area contributed by atoms with Gasteiger partial charge in [-0.05, 0) is 24.4 Å². The van der Waals surface area contributed by atoms with Crippen molar-refractivity contribution >= 4 is 39.7 Å². The van der Waals surface area contributed by atoms with Gasteiger partial charge in [-0.3, -0.25) is 10.1 Å². The lowest BCUT2D eigenvalue weighted by molar-refractivity contribution is -0.121. The molecule has 0 aliphatic rings. The van der Waals surface area contributed by atoms with E-state index < -0.39 is 0 Å². The fraction of sp³-hybridized carbons (Fsp3) is 0.0556. The van der Waals surface area contributed by atoms with Crippen molar-refractivity contribution in [2.45, 2.75) is 0 Å². The van der Waals surface area contributed by atoms with E-state index in [2.05, 4.69) is 15.6 Å². The number of nitrogens with zero attached hydrogens (tertiary/aromatic N) is 1. The Bertz CT molecular complexity index is 851. The van der Waals surface area contributed by atoms with Gasteiger partial charge in [0.25, 0.3) is 5.91 Å². The van der Waals surface area contributed by atoms with E-state index in [0.717, 1.165) is 11.3 Å². The number of rotatable bonds is 5. The van der Waals surface area contributed by atoms with Gasteiger partial charge < -0.3 is 10.1 Å². The van der Waals surface area contributed by atoms with E-state index in [0.29, 0.717) is 10.9 Å². The predicted octanol–water partition coefficient (Wildman–Crippen LogP) is 3.70. The summed E-state index contributed by atoms with van der Waals surface area (Å²) in [6, 6.07) is 19.0. The van der Waals surface area contributed by atoms with Crippen molar-refractivity contribution in [1.29, 1.82) is 0 Å². The minimum Gasteiger partial charge on any atom is -0.484 e. The predicted molar refractivity (Wildman–Crippen MR) is 104 cm³/mol. The van der Waals surface area contributed by atoms with Crippen molar-refractivity contribution in [3.05, 3.63) is 66.0 Å². The molecule has 0 aliphatic carbocycles. The maximum atomic E-state index is 11.9. The van der Waals surface area contributed by atoms with Crippen LogP contribution in [0.25, 0.3) is 11.3 Å². The van der Waals surface area contributed by atoms with Gasteiger partial charge in [0.05, 0.1) is 5.69 Å². The summed E-state index contributed by atoms with van der Waals surface area (Å²) < 4.78 is 5.37. The summed E-state index contributed by atoms with van der Waals surface area (Å²) in [5, 5.41) is 8.22. The number of nitrogens with one attached hydrogen (secondary N) is 2. The minimum absolute atomic E-state index is 0.112. The summed E-state index contributed by atoms with van der Waals surface area (Å²) in [5.41, 5.74) is 1.88. The van der Waals surface area contributed by atoms with E-state index in [-0.39, 0.29) is 17.6 Å². The smallest absolute Gasteiger partial charge is 0.264 e. The molecule has 0 bridgehead atoms. The molecule has 126 valence electrons. The third-order valence-corrected chi connectivity index (χ3v) is 4.12. The van der Waals surface area contributed by atoms with Crippen molar-refractivity contribution in [3.63, 3.8) is 0 Å². The Hall–Kier alpha value is -2.77. The number of aromatic nitrogens is 1. The van der Waals surface area contributed by atoms with Crippen LogP contribution in [-0.4, -0.2) is 22.6 Å². The third-order valence-electron chi connectivity index (χ3n) is 3.16. The molecule has 2 aromatic carbocycles. The topological polar surface area (TPSA) is 63.2 Å². The van der Waals surface area contributed by atoms with Gasteiger partial charge in [0.1, 0.15) is 5.75 Å². The van der Waals surface area contributed by atoms with Crippen molar-refractivity contribution in [2.24, 2.45) is 0 Å². The number of thiazole rings is 1. The number of amides is 1. The zero-order valence-corrected chi connectivity index (χ0v) is 14.8. The van der Waals surface area contributed by atoms with Crippen LogP contribution in [0.2, 0.25) is 0 Å². The number of hydrogen-bond acceptors (Lipinski definition) is 5. The molecule has 0 saturated heterocycles. The number of carbonyl (C=O) groups excluding carboxylic acids is 1. The number of ether oxygens (including phenoxy) is 1. The molecule has 1 aromatic heterocycles. The van der Waals surface area contributed by atoms with Gasteiger partial charge >= 0.3 is 0 Å². The second-order valence-electron chi connectivity index (χ2n) is 5.01. The number of benzene rings is 2. The zero-order valence-electron chi connectivity index (χ0n) is 13.1. The molecule has 7 heteroatoms. The molecule has 0 fully saturated rings. The highest BCUT2D eigenvalue weighted by Gasteiger charge is 2.09. The van der Waals surface area contributed by atoms with Gasteiger partial charge in [0, 0.05) is 10.9 Å². The summed E-state index contributed by atoms with van der Waals surface area (Å²) in [4.78, 5) is 16.3. The maximum absolute atomic E-state index is 11.9. The highest BCUT2D eigenvalue weighted by molar-refractivity contribution is 7.80. The molecule has 0 spiro atoms. The Kier molecular flexibility index (Phi) is 5.71. The lowest BCUT2D eigenvalue weighted by Gasteiger charge is -2.08. The summed E-state index contributed by atoms with van der Waals surface area (Å²) in [7, 11) is 0. The normalized spacial score (nSPS) is 10.1. The molecule has 0 unspecified atom stereocenters. The second kappa shape index (κ2) is 8.36. The van der Waals surface area contributed by atoms with E-state index >= 15 is 0 Å². The van der Waals surface area contributed by atoms with Gasteiger partial charge in [-0.2, -0.15) is 0 Å². The summed E-state index contributed by atoms with van der Waals surface area (Å²) in [6.45, 7) is -0.112. The highest BCUT2D eigenvalue weighted by Crippen LogP contribution is 2.24. The van der Waals surface area contributed by atoms with E-state index in [1.165, 1.54) is 11.3 Å². The summed E-state index contributed by atoms with van der Waals surface area (Å²) in [6.07, 6.45) is 0. The maximum Gasteiger partial charge on any atom is 0.264 e. The van der Waals surface area contributed by atoms with Gasteiger partial charge in [-0.15, -0.1) is 11.3 Å². The second-order valence-corrected chi connectivity index (χ2v) is 6.27. The average molecular weight is 369 g/mol. The van der Waals surface area contributed by atoms with Crippen molar-refractivity contribution < 1.29 is 9.53 Å². The number of hydrogen-bond donors (Lipinski definition) is 2. The standard InChI is InChI=1S/C18H15N3O2S2/c22-16(11-23-14-9-5-2-6-10-14)20-17(24)21-18-19-15(12-25-18)13-7-3-1-4-8-13/h1-10,12H,11H2,(H2,19,20,21,22,24). The minimum atomic E-state index is -0.332. The first-order valence-electron chi connectivity index (χ1n) is 7.50. The van der Waals surface area contributed by atoms with Gasteiger partial charge in [-0.1, -0.05) is 48.5 Å². The number of thiocarbonyl (C=S) groups is 1. The fourth-order valence-electron chi connectivity index (χ4n) is 2.03. The molecule has 3 rings (SSSR count). The molecule has 2 N–H and O–H groups in total. The van der Waals surface area contributed by atoms with E-state index in [1.807, 2.05) is 53.9 Å².